The van der Waals surface area contributed by atoms with Gasteiger partial charge in [-0.25, -0.2) is 9.97 Å². The fourth-order valence-corrected chi connectivity index (χ4v) is 4.78. The van der Waals surface area contributed by atoms with Gasteiger partial charge in [0.25, 0.3) is 0 Å². The number of benzene rings is 2. The lowest BCUT2D eigenvalue weighted by atomic mass is 10.1. The quantitative estimate of drug-likeness (QED) is 0.320. The van der Waals surface area contributed by atoms with Gasteiger partial charge in [0.1, 0.15) is 11.1 Å². The average molecular weight is 477 g/mol. The maximum atomic E-state index is 12.8. The number of rotatable bonds is 6. The van der Waals surface area contributed by atoms with E-state index in [4.69, 9.17) is 11.6 Å². The number of nitrogens with zero attached hydrogens (tertiary/aromatic N) is 3. The van der Waals surface area contributed by atoms with Crippen LogP contribution in [0, 0.1) is 11.3 Å². The van der Waals surface area contributed by atoms with E-state index in [2.05, 4.69) is 21.4 Å². The van der Waals surface area contributed by atoms with Crippen LogP contribution in [0.2, 0.25) is 5.02 Å². The maximum Gasteiger partial charge on any atom is 0.239 e. The van der Waals surface area contributed by atoms with Crippen LogP contribution in [-0.2, 0) is 4.79 Å². The third kappa shape index (κ3) is 5.00. The number of hydrogen-bond donors (Lipinski definition) is 1. The maximum absolute atomic E-state index is 12.8. The van der Waals surface area contributed by atoms with Gasteiger partial charge >= 0.3 is 0 Å². The summed E-state index contributed by atoms with van der Waals surface area (Å²) in [7, 11) is 0. The fraction of sp³-hybridized carbons (Fsp3) is 0.0833. The molecule has 0 aliphatic heterocycles. The molecule has 1 N–H and O–H groups in total. The van der Waals surface area contributed by atoms with Gasteiger partial charge in [0, 0.05) is 21.5 Å². The van der Waals surface area contributed by atoms with E-state index in [1.807, 2.05) is 60.0 Å². The highest BCUT2D eigenvalue weighted by Crippen LogP contribution is 2.32. The van der Waals surface area contributed by atoms with Crippen LogP contribution >= 0.6 is 34.7 Å². The van der Waals surface area contributed by atoms with Crippen LogP contribution < -0.4 is 5.32 Å². The second-order valence-electron chi connectivity index (χ2n) is 6.79. The Balaban J connectivity index is 1.49. The smallest absolute Gasteiger partial charge is 0.239 e. The summed E-state index contributed by atoms with van der Waals surface area (Å²) < 4.78 is 0. The Bertz CT molecular complexity index is 1300. The Morgan fingerprint density at radius 1 is 1.06 bits per heavy atom. The molecule has 158 valence electrons. The summed E-state index contributed by atoms with van der Waals surface area (Å²) >= 11 is 8.82. The van der Waals surface area contributed by atoms with Crippen molar-refractivity contribution in [2.45, 2.75) is 17.2 Å². The summed E-state index contributed by atoms with van der Waals surface area (Å²) in [5.74, 6) is -0.217. The highest BCUT2D eigenvalue weighted by Gasteiger charge is 2.20. The second-order valence-corrected chi connectivity index (χ2v) is 9.39. The van der Waals surface area contributed by atoms with Crippen molar-refractivity contribution in [2.75, 3.05) is 5.32 Å². The molecule has 8 heteroatoms. The van der Waals surface area contributed by atoms with Gasteiger partial charge in [-0.2, -0.15) is 5.26 Å². The van der Waals surface area contributed by atoms with Crippen LogP contribution in [-0.4, -0.2) is 21.1 Å². The minimum Gasteiger partial charge on any atom is -0.301 e. The molecular weight excluding hydrogens is 460 g/mol. The normalized spacial score (nSPS) is 11.5. The van der Waals surface area contributed by atoms with Gasteiger partial charge in [0.2, 0.25) is 5.91 Å². The molecule has 1 atom stereocenters. The molecule has 5 nitrogen and oxygen atoms in total. The number of carbonyl (C=O) groups excluding carboxylic acids is 1. The zero-order chi connectivity index (χ0) is 22.5. The molecule has 0 aliphatic carbocycles. The molecule has 0 aliphatic rings. The molecule has 0 bridgehead atoms. The standard InChI is InChI=1S/C24H17ClN4OS2/c1-15(22(30)29-24-28-21(14-31-24)18-9-5-6-10-19(18)25)32-23-17(13-26)11-12-20(27-23)16-7-3-2-4-8-16/h2-12,14-15H,1H3,(H,28,29,30). The van der Waals surface area contributed by atoms with Crippen LogP contribution in [0.1, 0.15) is 12.5 Å². The fourth-order valence-electron chi connectivity index (χ4n) is 2.94. The predicted octanol–water partition coefficient (Wildman–Crippen LogP) is 6.52. The summed E-state index contributed by atoms with van der Waals surface area (Å²) in [5, 5.41) is 15.3. The zero-order valence-electron chi connectivity index (χ0n) is 16.9. The number of anilines is 1. The van der Waals surface area contributed by atoms with E-state index in [9.17, 15) is 10.1 Å². The Labute approximate surface area is 199 Å². The Hall–Kier alpha value is -3.18. The van der Waals surface area contributed by atoms with Crippen LogP contribution in [0.5, 0.6) is 0 Å². The minimum absolute atomic E-state index is 0.217. The highest BCUT2D eigenvalue weighted by atomic mass is 35.5. The van der Waals surface area contributed by atoms with Gasteiger partial charge in [0.05, 0.1) is 22.2 Å². The van der Waals surface area contributed by atoms with Gasteiger partial charge in [-0.1, -0.05) is 71.9 Å². The second kappa shape index (κ2) is 9.96. The summed E-state index contributed by atoms with van der Waals surface area (Å²) in [6, 6.07) is 22.9. The number of halogens is 1. The molecule has 1 amide bonds. The monoisotopic (exact) mass is 476 g/mol. The Kier molecular flexibility index (Phi) is 6.86. The van der Waals surface area contributed by atoms with Crippen molar-refractivity contribution in [3.63, 3.8) is 0 Å². The summed E-state index contributed by atoms with van der Waals surface area (Å²) in [6.45, 7) is 1.78. The molecule has 0 spiro atoms. The predicted molar refractivity (Wildman–Crippen MR) is 131 cm³/mol. The molecule has 4 rings (SSSR count). The van der Waals surface area contributed by atoms with E-state index >= 15 is 0 Å². The lowest BCUT2D eigenvalue weighted by Crippen LogP contribution is -2.22. The molecule has 1 unspecified atom stereocenters. The van der Waals surface area contributed by atoms with E-state index < -0.39 is 5.25 Å². The molecule has 0 radical (unpaired) electrons. The third-order valence-corrected chi connectivity index (χ3v) is 6.78. The molecule has 2 aromatic heterocycles. The lowest BCUT2D eigenvalue weighted by Gasteiger charge is -2.12. The number of nitrogens with one attached hydrogen (secondary N) is 1. The van der Waals surface area contributed by atoms with Crippen molar-refractivity contribution in [1.82, 2.24) is 9.97 Å². The first kappa shape index (κ1) is 22.0. The number of nitriles is 1. The summed E-state index contributed by atoms with van der Waals surface area (Å²) in [6.07, 6.45) is 0. The lowest BCUT2D eigenvalue weighted by molar-refractivity contribution is -0.115. The zero-order valence-corrected chi connectivity index (χ0v) is 19.3. The molecule has 32 heavy (non-hydrogen) atoms. The topological polar surface area (TPSA) is 78.7 Å². The van der Waals surface area contributed by atoms with E-state index in [1.165, 1.54) is 23.1 Å². The minimum atomic E-state index is -0.478. The van der Waals surface area contributed by atoms with Gasteiger partial charge in [-0.05, 0) is 25.1 Å². The van der Waals surface area contributed by atoms with Crippen molar-refractivity contribution in [1.29, 1.82) is 5.26 Å². The van der Waals surface area contributed by atoms with E-state index in [0.717, 1.165) is 16.8 Å². The highest BCUT2D eigenvalue weighted by molar-refractivity contribution is 8.00. The first-order valence-electron chi connectivity index (χ1n) is 9.69. The van der Waals surface area contributed by atoms with Crippen LogP contribution in [0.4, 0.5) is 5.13 Å². The van der Waals surface area contributed by atoms with Crippen LogP contribution in [0.3, 0.4) is 0 Å². The number of hydrogen-bond acceptors (Lipinski definition) is 6. The summed E-state index contributed by atoms with van der Waals surface area (Å²) in [4.78, 5) is 21.9. The van der Waals surface area contributed by atoms with E-state index in [-0.39, 0.29) is 5.91 Å². The van der Waals surface area contributed by atoms with Crippen molar-refractivity contribution in [3.8, 4) is 28.6 Å². The molecular formula is C24H17ClN4OS2. The van der Waals surface area contributed by atoms with Crippen molar-refractivity contribution in [2.24, 2.45) is 0 Å². The molecule has 0 saturated heterocycles. The first-order chi connectivity index (χ1) is 15.5. The average Bonchev–Trinajstić information content (AvgIpc) is 3.28. The first-order valence-corrected chi connectivity index (χ1v) is 11.8. The largest absolute Gasteiger partial charge is 0.301 e. The molecule has 0 fully saturated rings. The molecule has 2 aromatic carbocycles. The van der Waals surface area contributed by atoms with Crippen molar-refractivity contribution in [3.05, 3.63) is 82.7 Å². The number of thioether (sulfide) groups is 1. The molecule has 4 aromatic rings. The number of carbonyl (C=O) groups is 1. The van der Waals surface area contributed by atoms with Crippen LogP contribution in [0.25, 0.3) is 22.5 Å². The number of pyridine rings is 1. The Morgan fingerprint density at radius 2 is 1.81 bits per heavy atom. The summed E-state index contributed by atoms with van der Waals surface area (Å²) in [5.41, 5.74) is 3.66. The van der Waals surface area contributed by atoms with E-state index in [1.54, 1.807) is 19.1 Å². The SMILES string of the molecule is CC(Sc1nc(-c2ccccc2)ccc1C#N)C(=O)Nc1nc(-c2ccccc2Cl)cs1. The number of amides is 1. The van der Waals surface area contributed by atoms with Crippen molar-refractivity contribution >= 4 is 45.7 Å². The number of thiazole rings is 1. The molecule has 0 saturated carbocycles. The third-order valence-electron chi connectivity index (χ3n) is 4.59. The van der Waals surface area contributed by atoms with Crippen LogP contribution in [0.15, 0.2) is 77.1 Å². The molecule has 2 heterocycles. The Morgan fingerprint density at radius 3 is 2.56 bits per heavy atom. The van der Waals surface area contributed by atoms with E-state index in [0.29, 0.717) is 26.4 Å². The van der Waals surface area contributed by atoms with Gasteiger partial charge in [-0.3, -0.25) is 4.79 Å². The van der Waals surface area contributed by atoms with Gasteiger partial charge in [0.15, 0.2) is 5.13 Å². The van der Waals surface area contributed by atoms with Crippen molar-refractivity contribution < 1.29 is 4.79 Å². The van der Waals surface area contributed by atoms with Gasteiger partial charge in [-0.15, -0.1) is 11.3 Å². The van der Waals surface area contributed by atoms with Gasteiger partial charge < -0.3 is 5.32 Å². The number of aromatic nitrogens is 2.